The molecule has 0 aliphatic carbocycles. The number of para-hydroxylation sites is 1. The van der Waals surface area contributed by atoms with Gasteiger partial charge in [0.25, 0.3) is 0 Å². The third-order valence-corrected chi connectivity index (χ3v) is 5.96. The summed E-state index contributed by atoms with van der Waals surface area (Å²) >= 11 is 0. The molecule has 1 aromatic heterocycles. The maximum Gasteiger partial charge on any atom is 0.230 e. The fourth-order valence-corrected chi connectivity index (χ4v) is 4.46. The number of hydrogen-bond donors (Lipinski definition) is 0. The molecule has 3 heterocycles. The van der Waals surface area contributed by atoms with Gasteiger partial charge in [-0.1, -0.05) is 12.1 Å². The van der Waals surface area contributed by atoms with E-state index in [9.17, 15) is 4.79 Å². The maximum absolute atomic E-state index is 13.1. The van der Waals surface area contributed by atoms with Crippen LogP contribution >= 0.6 is 0 Å². The van der Waals surface area contributed by atoms with Crippen LogP contribution in [0.3, 0.4) is 0 Å². The summed E-state index contributed by atoms with van der Waals surface area (Å²) in [7, 11) is 3.35. The van der Waals surface area contributed by atoms with E-state index in [1.165, 1.54) is 0 Å². The van der Waals surface area contributed by atoms with Crippen LogP contribution < -0.4 is 9.64 Å². The molecule has 2 aliphatic rings. The molecule has 2 saturated heterocycles. The van der Waals surface area contributed by atoms with Crippen molar-refractivity contribution >= 4 is 22.6 Å². The molecule has 0 radical (unpaired) electrons. The number of carbonyl (C=O) groups excluding carboxylic acids is 1. The Kier molecular flexibility index (Phi) is 4.91. The molecule has 1 aromatic carbocycles. The molecule has 6 nitrogen and oxygen atoms in total. The standard InChI is InChI=1S/C21H27N3O3/c1-26-14-13-23-11-4-9-21(20(23)25)10-12-24(15-21)18-8-7-16-5-3-6-17(27-2)19(16)22-18/h3,5-8H,4,9-15H2,1-2H3/t21-/m0/s1. The normalized spacial score (nSPS) is 22.8. The molecule has 1 amide bonds. The highest BCUT2D eigenvalue weighted by Gasteiger charge is 2.48. The number of pyridine rings is 1. The molecule has 0 saturated carbocycles. The van der Waals surface area contributed by atoms with Gasteiger partial charge in [0, 0.05) is 38.7 Å². The lowest BCUT2D eigenvalue weighted by Crippen LogP contribution is -2.51. The molecular formula is C21H27N3O3. The monoisotopic (exact) mass is 369 g/mol. The first-order valence-electron chi connectivity index (χ1n) is 9.64. The van der Waals surface area contributed by atoms with Gasteiger partial charge in [-0.3, -0.25) is 4.79 Å². The zero-order chi connectivity index (χ0) is 18.9. The molecule has 0 unspecified atom stereocenters. The average molecular weight is 369 g/mol. The van der Waals surface area contributed by atoms with E-state index in [2.05, 4.69) is 17.0 Å². The van der Waals surface area contributed by atoms with Crippen molar-refractivity contribution in [3.63, 3.8) is 0 Å². The molecule has 144 valence electrons. The minimum absolute atomic E-state index is 0.274. The van der Waals surface area contributed by atoms with Crippen molar-refractivity contribution in [2.45, 2.75) is 19.3 Å². The number of aromatic nitrogens is 1. The first-order valence-corrected chi connectivity index (χ1v) is 9.64. The van der Waals surface area contributed by atoms with Gasteiger partial charge in [0.1, 0.15) is 17.1 Å². The Morgan fingerprint density at radius 1 is 1.15 bits per heavy atom. The van der Waals surface area contributed by atoms with Gasteiger partial charge < -0.3 is 19.3 Å². The largest absolute Gasteiger partial charge is 0.494 e. The number of rotatable bonds is 5. The van der Waals surface area contributed by atoms with Crippen LogP contribution in [0.15, 0.2) is 30.3 Å². The van der Waals surface area contributed by atoms with Crippen LogP contribution in [0.4, 0.5) is 5.82 Å². The fraction of sp³-hybridized carbons (Fsp3) is 0.524. The van der Waals surface area contributed by atoms with Gasteiger partial charge in [-0.15, -0.1) is 0 Å². The van der Waals surface area contributed by atoms with Gasteiger partial charge in [0.05, 0.1) is 19.1 Å². The van der Waals surface area contributed by atoms with E-state index >= 15 is 0 Å². The molecule has 2 aliphatic heterocycles. The number of anilines is 1. The van der Waals surface area contributed by atoms with Gasteiger partial charge in [0.2, 0.25) is 5.91 Å². The van der Waals surface area contributed by atoms with Crippen molar-refractivity contribution in [3.8, 4) is 5.75 Å². The van der Waals surface area contributed by atoms with Crippen LogP contribution in [0.5, 0.6) is 5.75 Å². The third-order valence-electron chi connectivity index (χ3n) is 5.96. The Morgan fingerprint density at radius 3 is 2.85 bits per heavy atom. The van der Waals surface area contributed by atoms with Crippen molar-refractivity contribution in [1.82, 2.24) is 9.88 Å². The number of piperidine rings is 1. The number of likely N-dealkylation sites (tertiary alicyclic amines) is 1. The van der Waals surface area contributed by atoms with Gasteiger partial charge in [-0.25, -0.2) is 4.98 Å². The zero-order valence-corrected chi connectivity index (χ0v) is 16.1. The second-order valence-corrected chi connectivity index (χ2v) is 7.54. The number of hydrogen-bond acceptors (Lipinski definition) is 5. The van der Waals surface area contributed by atoms with Crippen LogP contribution in [-0.2, 0) is 9.53 Å². The highest BCUT2D eigenvalue weighted by molar-refractivity contribution is 5.87. The molecule has 2 fully saturated rings. The van der Waals surface area contributed by atoms with Gasteiger partial charge in [-0.2, -0.15) is 0 Å². The van der Waals surface area contributed by atoms with E-state index in [1.807, 2.05) is 23.1 Å². The topological polar surface area (TPSA) is 54.9 Å². The second kappa shape index (κ2) is 7.35. The fourth-order valence-electron chi connectivity index (χ4n) is 4.46. The summed E-state index contributed by atoms with van der Waals surface area (Å²) in [6, 6.07) is 10.1. The van der Waals surface area contributed by atoms with Crippen LogP contribution in [0.1, 0.15) is 19.3 Å². The number of fused-ring (bicyclic) bond motifs is 1. The van der Waals surface area contributed by atoms with Crippen LogP contribution in [-0.4, -0.2) is 62.8 Å². The lowest BCUT2D eigenvalue weighted by atomic mass is 9.78. The van der Waals surface area contributed by atoms with E-state index in [0.717, 1.165) is 61.4 Å². The number of amides is 1. The molecule has 4 rings (SSSR count). The highest BCUT2D eigenvalue weighted by Crippen LogP contribution is 2.41. The van der Waals surface area contributed by atoms with Crippen molar-refractivity contribution in [3.05, 3.63) is 30.3 Å². The maximum atomic E-state index is 13.1. The molecule has 6 heteroatoms. The molecular weight excluding hydrogens is 342 g/mol. The van der Waals surface area contributed by atoms with Crippen molar-refractivity contribution in [2.24, 2.45) is 5.41 Å². The van der Waals surface area contributed by atoms with E-state index in [0.29, 0.717) is 13.2 Å². The van der Waals surface area contributed by atoms with E-state index < -0.39 is 0 Å². The Bertz CT molecular complexity index is 841. The predicted octanol–water partition coefficient (Wildman–Crippen LogP) is 2.71. The van der Waals surface area contributed by atoms with Gasteiger partial charge >= 0.3 is 0 Å². The Hall–Kier alpha value is -2.34. The number of methoxy groups -OCH3 is 2. The predicted molar refractivity (Wildman–Crippen MR) is 105 cm³/mol. The molecule has 1 spiro atoms. The Morgan fingerprint density at radius 2 is 2.04 bits per heavy atom. The van der Waals surface area contributed by atoms with Crippen molar-refractivity contribution in [2.75, 3.05) is 51.9 Å². The average Bonchev–Trinajstić information content (AvgIpc) is 3.13. The quantitative estimate of drug-likeness (QED) is 0.811. The number of benzene rings is 1. The SMILES string of the molecule is COCCN1CCC[C@@]2(CCN(c3ccc4cccc(OC)c4n3)C2)C1=O. The van der Waals surface area contributed by atoms with Crippen LogP contribution in [0.25, 0.3) is 10.9 Å². The summed E-state index contributed by atoms with van der Waals surface area (Å²) < 4.78 is 10.6. The molecule has 27 heavy (non-hydrogen) atoms. The van der Waals surface area contributed by atoms with Gasteiger partial charge in [0.15, 0.2) is 0 Å². The van der Waals surface area contributed by atoms with E-state index in [1.54, 1.807) is 14.2 Å². The van der Waals surface area contributed by atoms with Crippen LogP contribution in [0.2, 0.25) is 0 Å². The number of nitrogens with zero attached hydrogens (tertiary/aromatic N) is 3. The van der Waals surface area contributed by atoms with Crippen molar-refractivity contribution in [1.29, 1.82) is 0 Å². The van der Waals surface area contributed by atoms with E-state index in [4.69, 9.17) is 14.5 Å². The molecule has 2 aromatic rings. The third kappa shape index (κ3) is 3.23. The smallest absolute Gasteiger partial charge is 0.230 e. The lowest BCUT2D eigenvalue weighted by Gasteiger charge is -2.39. The minimum atomic E-state index is -0.274. The minimum Gasteiger partial charge on any atom is -0.494 e. The second-order valence-electron chi connectivity index (χ2n) is 7.54. The zero-order valence-electron chi connectivity index (χ0n) is 16.1. The Balaban J connectivity index is 1.57. The summed E-state index contributed by atoms with van der Waals surface area (Å²) in [6.45, 7) is 3.72. The van der Waals surface area contributed by atoms with Gasteiger partial charge in [-0.05, 0) is 37.5 Å². The first-order chi connectivity index (χ1) is 13.2. The highest BCUT2D eigenvalue weighted by atomic mass is 16.5. The number of carbonyl (C=O) groups is 1. The summed E-state index contributed by atoms with van der Waals surface area (Å²) in [5.74, 6) is 1.99. The molecule has 0 N–H and O–H groups in total. The molecule has 1 atom stereocenters. The van der Waals surface area contributed by atoms with Crippen LogP contribution in [0, 0.1) is 5.41 Å². The summed E-state index contributed by atoms with van der Waals surface area (Å²) in [5, 5.41) is 1.06. The summed E-state index contributed by atoms with van der Waals surface area (Å²) in [6.07, 6.45) is 2.91. The number of ether oxygens (including phenoxy) is 2. The summed E-state index contributed by atoms with van der Waals surface area (Å²) in [5.41, 5.74) is 0.596. The van der Waals surface area contributed by atoms with Crippen molar-refractivity contribution < 1.29 is 14.3 Å². The summed E-state index contributed by atoms with van der Waals surface area (Å²) in [4.78, 5) is 22.2. The molecule has 0 bridgehead atoms. The lowest BCUT2D eigenvalue weighted by molar-refractivity contribution is -0.145. The van der Waals surface area contributed by atoms with E-state index in [-0.39, 0.29) is 11.3 Å². The Labute approximate surface area is 160 Å². The first kappa shape index (κ1) is 18.0.